The van der Waals surface area contributed by atoms with E-state index in [1.165, 1.54) is 13.8 Å². The molecule has 0 radical (unpaired) electrons. The summed E-state index contributed by atoms with van der Waals surface area (Å²) in [5.41, 5.74) is 4.85. The second-order valence-corrected chi connectivity index (χ2v) is 7.57. The molecule has 3 amide bonds. The Bertz CT molecular complexity index is 499. The van der Waals surface area contributed by atoms with Gasteiger partial charge in [-0.25, -0.2) is 18.0 Å². The topological polar surface area (TPSA) is 156 Å². The highest BCUT2D eigenvalue weighted by Crippen LogP contribution is 2.13. The number of carbonyl (C=O) groups excluding carboxylic acids is 2. The number of nitrogens with one attached hydrogen (secondary N) is 2. The Labute approximate surface area is 116 Å². The molecule has 0 saturated carbocycles. The van der Waals surface area contributed by atoms with Gasteiger partial charge in [0.2, 0.25) is 5.91 Å². The first-order valence-electron chi connectivity index (χ1n) is 5.62. The van der Waals surface area contributed by atoms with Crippen LogP contribution < -0.4 is 16.4 Å². The average Bonchev–Trinajstić information content (AvgIpc) is 2.23. The van der Waals surface area contributed by atoms with Gasteiger partial charge in [0.15, 0.2) is 9.84 Å². The monoisotopic (exact) mass is 309 g/mol. The quantitative estimate of drug-likeness (QED) is 0.445. The van der Waals surface area contributed by atoms with Crippen LogP contribution >= 0.6 is 0 Å². The van der Waals surface area contributed by atoms with Crippen molar-refractivity contribution < 1.29 is 27.9 Å². The standard InChI is InChI=1S/C10H19N3O6S/c1-10(2,20(3,18)19)5-12-9(17)13-6(8(15)16)4-7(11)14/h6H,4-5H2,1-3H3,(H2,11,14)(H,15,16)(H2,12,13,17). The third kappa shape index (κ3) is 5.87. The van der Waals surface area contributed by atoms with Gasteiger partial charge in [0.05, 0.1) is 11.2 Å². The van der Waals surface area contributed by atoms with E-state index in [0.29, 0.717) is 0 Å². The third-order valence-corrected chi connectivity index (χ3v) is 4.84. The van der Waals surface area contributed by atoms with Crippen LogP contribution in [0.3, 0.4) is 0 Å². The maximum atomic E-state index is 11.5. The van der Waals surface area contributed by atoms with Crippen molar-refractivity contribution >= 4 is 27.7 Å². The van der Waals surface area contributed by atoms with Crippen LogP contribution in [0.25, 0.3) is 0 Å². The molecule has 0 heterocycles. The van der Waals surface area contributed by atoms with Gasteiger partial charge in [-0.2, -0.15) is 0 Å². The van der Waals surface area contributed by atoms with Crippen LogP contribution in [-0.2, 0) is 19.4 Å². The van der Waals surface area contributed by atoms with Crippen LogP contribution in [-0.4, -0.2) is 55.0 Å². The fourth-order valence-corrected chi connectivity index (χ4v) is 1.37. The molecular formula is C10H19N3O6S. The molecule has 1 atom stereocenters. The van der Waals surface area contributed by atoms with Crippen molar-refractivity contribution in [1.29, 1.82) is 0 Å². The molecule has 9 nitrogen and oxygen atoms in total. The smallest absolute Gasteiger partial charge is 0.326 e. The lowest BCUT2D eigenvalue weighted by Crippen LogP contribution is -2.51. The van der Waals surface area contributed by atoms with Crippen LogP contribution in [0.4, 0.5) is 4.79 Å². The van der Waals surface area contributed by atoms with Crippen LogP contribution in [0.15, 0.2) is 0 Å². The van der Waals surface area contributed by atoms with E-state index < -0.39 is 45.0 Å². The lowest BCUT2D eigenvalue weighted by molar-refractivity contribution is -0.140. The number of aliphatic carboxylic acids is 1. The molecule has 0 saturated heterocycles. The fourth-order valence-electron chi connectivity index (χ4n) is 1.03. The van der Waals surface area contributed by atoms with Crippen molar-refractivity contribution in [1.82, 2.24) is 10.6 Å². The minimum atomic E-state index is -3.39. The molecular weight excluding hydrogens is 290 g/mol. The highest BCUT2D eigenvalue weighted by Gasteiger charge is 2.31. The summed E-state index contributed by atoms with van der Waals surface area (Å²) in [6.07, 6.45) is 0.470. The molecule has 0 fully saturated rings. The van der Waals surface area contributed by atoms with Crippen molar-refractivity contribution in [2.24, 2.45) is 5.73 Å². The minimum Gasteiger partial charge on any atom is -0.480 e. The average molecular weight is 309 g/mol. The molecule has 1 unspecified atom stereocenters. The first kappa shape index (κ1) is 18.2. The second-order valence-electron chi connectivity index (χ2n) is 4.92. The number of carboxylic acids is 1. The van der Waals surface area contributed by atoms with Crippen LogP contribution in [0.2, 0.25) is 0 Å². The SMILES string of the molecule is CC(C)(CNC(=O)NC(CC(N)=O)C(=O)O)S(C)(=O)=O. The normalized spacial score (nSPS) is 13.3. The number of carboxylic acid groups (broad SMARTS) is 1. The Hall–Kier alpha value is -1.84. The van der Waals surface area contributed by atoms with E-state index in [2.05, 4.69) is 5.32 Å². The Morgan fingerprint density at radius 1 is 1.30 bits per heavy atom. The number of hydrogen-bond donors (Lipinski definition) is 4. The van der Waals surface area contributed by atoms with Crippen molar-refractivity contribution in [2.45, 2.75) is 31.1 Å². The lowest BCUT2D eigenvalue weighted by atomic mass is 10.2. The molecule has 0 spiro atoms. The zero-order chi connectivity index (χ0) is 16.1. The van der Waals surface area contributed by atoms with Crippen LogP contribution in [0, 0.1) is 0 Å². The molecule has 0 aromatic rings. The van der Waals surface area contributed by atoms with Crippen molar-refractivity contribution in [3.05, 3.63) is 0 Å². The van der Waals surface area contributed by atoms with Crippen molar-refractivity contribution in [3.63, 3.8) is 0 Å². The van der Waals surface area contributed by atoms with E-state index >= 15 is 0 Å². The molecule has 0 aliphatic heterocycles. The number of carbonyl (C=O) groups is 3. The summed E-state index contributed by atoms with van der Waals surface area (Å²) in [6, 6.07) is -2.36. The molecule has 10 heteroatoms. The number of hydrogen-bond acceptors (Lipinski definition) is 5. The largest absolute Gasteiger partial charge is 0.480 e. The van der Waals surface area contributed by atoms with E-state index in [0.717, 1.165) is 6.26 Å². The summed E-state index contributed by atoms with van der Waals surface area (Å²) in [4.78, 5) is 32.9. The number of sulfone groups is 1. The number of nitrogens with two attached hydrogens (primary N) is 1. The van der Waals surface area contributed by atoms with Crippen LogP contribution in [0.1, 0.15) is 20.3 Å². The van der Waals surface area contributed by atoms with Gasteiger partial charge in [-0.3, -0.25) is 4.79 Å². The number of rotatable bonds is 7. The predicted molar refractivity (Wildman–Crippen MR) is 70.7 cm³/mol. The summed E-state index contributed by atoms with van der Waals surface area (Å²) < 4.78 is 21.6. The maximum absolute atomic E-state index is 11.5. The molecule has 0 aromatic carbocycles. The zero-order valence-electron chi connectivity index (χ0n) is 11.5. The molecule has 20 heavy (non-hydrogen) atoms. The molecule has 0 aliphatic rings. The Morgan fingerprint density at radius 3 is 2.15 bits per heavy atom. The lowest BCUT2D eigenvalue weighted by Gasteiger charge is -2.23. The van der Waals surface area contributed by atoms with E-state index in [4.69, 9.17) is 10.8 Å². The van der Waals surface area contributed by atoms with Crippen molar-refractivity contribution in [2.75, 3.05) is 12.8 Å². The van der Waals surface area contributed by atoms with E-state index in [9.17, 15) is 22.8 Å². The maximum Gasteiger partial charge on any atom is 0.326 e. The number of urea groups is 1. The molecule has 116 valence electrons. The van der Waals surface area contributed by atoms with Gasteiger partial charge in [-0.15, -0.1) is 0 Å². The first-order chi connectivity index (χ1) is 8.86. The Balaban J connectivity index is 4.56. The van der Waals surface area contributed by atoms with Gasteiger partial charge in [0.25, 0.3) is 0 Å². The van der Waals surface area contributed by atoms with E-state index in [1.54, 1.807) is 0 Å². The van der Waals surface area contributed by atoms with Gasteiger partial charge in [0.1, 0.15) is 6.04 Å². The number of amides is 3. The summed E-state index contributed by atoms with van der Waals surface area (Å²) in [6.45, 7) is 2.63. The molecule has 0 aliphatic carbocycles. The van der Waals surface area contributed by atoms with Gasteiger partial charge in [-0.05, 0) is 13.8 Å². The van der Waals surface area contributed by atoms with Gasteiger partial charge in [-0.1, -0.05) is 0 Å². The summed E-state index contributed by atoms with van der Waals surface area (Å²) in [5.74, 6) is -2.30. The van der Waals surface area contributed by atoms with E-state index in [1.807, 2.05) is 5.32 Å². The van der Waals surface area contributed by atoms with Gasteiger partial charge >= 0.3 is 12.0 Å². The third-order valence-electron chi connectivity index (χ3n) is 2.69. The fraction of sp³-hybridized carbons (Fsp3) is 0.700. The van der Waals surface area contributed by atoms with Gasteiger partial charge < -0.3 is 21.5 Å². The second kappa shape index (κ2) is 6.55. The van der Waals surface area contributed by atoms with Gasteiger partial charge in [0, 0.05) is 12.8 Å². The summed E-state index contributed by atoms with van der Waals surface area (Å²) >= 11 is 0. The first-order valence-corrected chi connectivity index (χ1v) is 7.51. The molecule has 0 bridgehead atoms. The Kier molecular flexibility index (Phi) is 5.95. The number of primary amides is 1. The highest BCUT2D eigenvalue weighted by molar-refractivity contribution is 7.92. The molecule has 0 aromatic heterocycles. The molecule has 5 N–H and O–H groups in total. The van der Waals surface area contributed by atoms with E-state index in [-0.39, 0.29) is 6.54 Å². The minimum absolute atomic E-state index is 0.208. The van der Waals surface area contributed by atoms with Crippen molar-refractivity contribution in [3.8, 4) is 0 Å². The van der Waals surface area contributed by atoms with Crippen LogP contribution in [0.5, 0.6) is 0 Å². The summed E-state index contributed by atoms with van der Waals surface area (Å²) in [5, 5.41) is 13.1. The highest BCUT2D eigenvalue weighted by atomic mass is 32.2. The predicted octanol–water partition coefficient (Wildman–Crippen LogP) is -1.56. The molecule has 0 rings (SSSR count). The Morgan fingerprint density at radius 2 is 1.80 bits per heavy atom. The zero-order valence-corrected chi connectivity index (χ0v) is 12.3. The summed E-state index contributed by atoms with van der Waals surface area (Å²) in [7, 11) is -3.39.